The summed E-state index contributed by atoms with van der Waals surface area (Å²) in [5.41, 5.74) is 0.264. The lowest BCUT2D eigenvalue weighted by molar-refractivity contribution is 0.0785. The molecule has 1 aromatic rings. The third kappa shape index (κ3) is 2.35. The Hall–Kier alpha value is -1.13. The minimum Gasteiger partial charge on any atom is -0.337 e. The first-order chi connectivity index (χ1) is 9.16. The van der Waals surface area contributed by atoms with Crippen LogP contribution in [0.15, 0.2) is 18.2 Å². The molecule has 0 spiro atoms. The molecule has 2 heterocycles. The van der Waals surface area contributed by atoms with Crippen molar-refractivity contribution in [2.24, 2.45) is 5.92 Å². The minimum absolute atomic E-state index is 0.0738. The van der Waals surface area contributed by atoms with Crippen molar-refractivity contribution in [3.05, 3.63) is 34.6 Å². The smallest absolute Gasteiger partial charge is 0.255 e. The summed E-state index contributed by atoms with van der Waals surface area (Å²) in [6.07, 6.45) is 2.31. The van der Waals surface area contributed by atoms with Gasteiger partial charge >= 0.3 is 0 Å². The summed E-state index contributed by atoms with van der Waals surface area (Å²) in [5.74, 6) is -0.187. The predicted molar refractivity (Wildman–Crippen MR) is 71.8 cm³/mol. The molecule has 3 rings (SSSR count). The molecule has 0 saturated carbocycles. The van der Waals surface area contributed by atoms with Gasteiger partial charge in [-0.3, -0.25) is 4.79 Å². The molecular formula is C14H16ClFN2O. The van der Waals surface area contributed by atoms with E-state index in [0.29, 0.717) is 18.5 Å². The molecule has 0 bridgehead atoms. The highest BCUT2D eigenvalue weighted by Gasteiger charge is 2.37. The lowest BCUT2D eigenvalue weighted by atomic mass is 9.94. The second-order valence-corrected chi connectivity index (χ2v) is 5.65. The van der Waals surface area contributed by atoms with Crippen LogP contribution in [0.5, 0.6) is 0 Å². The molecule has 2 fully saturated rings. The van der Waals surface area contributed by atoms with E-state index in [9.17, 15) is 9.18 Å². The lowest BCUT2D eigenvalue weighted by Gasteiger charge is -2.24. The zero-order valence-electron chi connectivity index (χ0n) is 10.5. The average molecular weight is 283 g/mol. The number of fused-ring (bicyclic) bond motifs is 1. The third-order valence-electron chi connectivity index (χ3n) is 4.07. The Bertz CT molecular complexity index is 494. The number of halogens is 2. The van der Waals surface area contributed by atoms with E-state index in [1.54, 1.807) is 11.0 Å². The molecule has 0 radical (unpaired) electrons. The molecule has 19 heavy (non-hydrogen) atoms. The standard InChI is InChI=1S/C14H16ClFN2O/c15-13-10(4-1-5-11(13)16)14(19)18-7-9-3-2-6-17-12(9)8-18/h1,4-5,9,12,17H,2-3,6-8H2. The molecule has 3 nitrogen and oxygen atoms in total. The van der Waals surface area contributed by atoms with Crippen LogP contribution in [-0.2, 0) is 0 Å². The average Bonchev–Trinajstić information content (AvgIpc) is 2.85. The Labute approximate surface area is 116 Å². The Morgan fingerprint density at radius 3 is 3.05 bits per heavy atom. The first kappa shape index (κ1) is 12.9. The second kappa shape index (κ2) is 5.10. The molecule has 1 aromatic carbocycles. The van der Waals surface area contributed by atoms with E-state index in [1.165, 1.54) is 12.1 Å². The maximum Gasteiger partial charge on any atom is 0.255 e. The maximum absolute atomic E-state index is 13.4. The first-order valence-corrected chi connectivity index (χ1v) is 7.01. The summed E-state index contributed by atoms with van der Waals surface area (Å²) in [6.45, 7) is 2.45. The Balaban J connectivity index is 1.79. The lowest BCUT2D eigenvalue weighted by Crippen LogP contribution is -2.41. The van der Waals surface area contributed by atoms with E-state index >= 15 is 0 Å². The van der Waals surface area contributed by atoms with Crippen molar-refractivity contribution >= 4 is 17.5 Å². The number of benzene rings is 1. The highest BCUT2D eigenvalue weighted by molar-refractivity contribution is 6.34. The van der Waals surface area contributed by atoms with E-state index in [-0.39, 0.29) is 16.5 Å². The summed E-state index contributed by atoms with van der Waals surface area (Å²) >= 11 is 5.88. The van der Waals surface area contributed by atoms with Crippen molar-refractivity contribution in [2.75, 3.05) is 19.6 Å². The molecular weight excluding hydrogens is 267 g/mol. The van der Waals surface area contributed by atoms with Gasteiger partial charge < -0.3 is 10.2 Å². The summed E-state index contributed by atoms with van der Waals surface area (Å²) in [5, 5.41) is 3.37. The van der Waals surface area contributed by atoms with Crippen LogP contribution in [0.25, 0.3) is 0 Å². The van der Waals surface area contributed by atoms with Crippen LogP contribution in [-0.4, -0.2) is 36.5 Å². The van der Waals surface area contributed by atoms with E-state index in [4.69, 9.17) is 11.6 Å². The molecule has 2 saturated heterocycles. The van der Waals surface area contributed by atoms with Gasteiger partial charge in [0.25, 0.3) is 5.91 Å². The molecule has 1 N–H and O–H groups in total. The fourth-order valence-electron chi connectivity index (χ4n) is 3.05. The summed E-state index contributed by atoms with van der Waals surface area (Å²) in [7, 11) is 0. The largest absolute Gasteiger partial charge is 0.337 e. The molecule has 0 aromatic heterocycles. The number of carbonyl (C=O) groups excluding carboxylic acids is 1. The van der Waals surface area contributed by atoms with Crippen LogP contribution in [0.3, 0.4) is 0 Å². The monoisotopic (exact) mass is 282 g/mol. The van der Waals surface area contributed by atoms with E-state index < -0.39 is 5.82 Å². The van der Waals surface area contributed by atoms with Gasteiger partial charge in [-0.15, -0.1) is 0 Å². The van der Waals surface area contributed by atoms with Crippen molar-refractivity contribution in [3.8, 4) is 0 Å². The predicted octanol–water partition coefficient (Wildman–Crippen LogP) is 2.30. The molecule has 1 amide bonds. The molecule has 2 atom stereocenters. The SMILES string of the molecule is O=C(c1cccc(F)c1Cl)N1CC2CCCNC2C1. The van der Waals surface area contributed by atoms with Gasteiger partial charge in [-0.2, -0.15) is 0 Å². The number of hydrogen-bond acceptors (Lipinski definition) is 2. The quantitative estimate of drug-likeness (QED) is 0.857. The molecule has 102 valence electrons. The first-order valence-electron chi connectivity index (χ1n) is 6.63. The number of carbonyl (C=O) groups is 1. The van der Waals surface area contributed by atoms with Crippen LogP contribution in [0.4, 0.5) is 4.39 Å². The number of nitrogens with zero attached hydrogens (tertiary/aromatic N) is 1. The van der Waals surface area contributed by atoms with Gasteiger partial charge in [0.15, 0.2) is 0 Å². The van der Waals surface area contributed by atoms with Crippen LogP contribution >= 0.6 is 11.6 Å². The van der Waals surface area contributed by atoms with Crippen molar-refractivity contribution in [1.82, 2.24) is 10.2 Å². The molecule has 0 aliphatic carbocycles. The van der Waals surface area contributed by atoms with Gasteiger partial charge in [-0.25, -0.2) is 4.39 Å². The summed E-state index contributed by atoms with van der Waals surface area (Å²) < 4.78 is 13.4. The van der Waals surface area contributed by atoms with Crippen molar-refractivity contribution in [1.29, 1.82) is 0 Å². The van der Waals surface area contributed by atoms with Gasteiger partial charge in [0.1, 0.15) is 5.82 Å². The number of hydrogen-bond donors (Lipinski definition) is 1. The van der Waals surface area contributed by atoms with Crippen molar-refractivity contribution in [3.63, 3.8) is 0 Å². The second-order valence-electron chi connectivity index (χ2n) is 5.27. The number of likely N-dealkylation sites (tertiary alicyclic amines) is 1. The Morgan fingerprint density at radius 1 is 1.42 bits per heavy atom. The van der Waals surface area contributed by atoms with Crippen LogP contribution in [0.1, 0.15) is 23.2 Å². The normalized spacial score (nSPS) is 26.3. The van der Waals surface area contributed by atoms with E-state index in [1.807, 2.05) is 0 Å². The van der Waals surface area contributed by atoms with Gasteiger partial charge in [-0.05, 0) is 37.4 Å². The molecule has 5 heteroatoms. The van der Waals surface area contributed by atoms with Gasteiger partial charge in [-0.1, -0.05) is 17.7 Å². The van der Waals surface area contributed by atoms with E-state index in [0.717, 1.165) is 25.9 Å². The number of rotatable bonds is 1. The topological polar surface area (TPSA) is 32.3 Å². The summed E-state index contributed by atoms with van der Waals surface area (Å²) in [6, 6.07) is 4.76. The Kier molecular flexibility index (Phi) is 3.46. The zero-order chi connectivity index (χ0) is 13.4. The fraction of sp³-hybridized carbons (Fsp3) is 0.500. The van der Waals surface area contributed by atoms with Gasteiger partial charge in [0.2, 0.25) is 0 Å². The molecule has 2 aliphatic rings. The fourth-order valence-corrected chi connectivity index (χ4v) is 3.26. The molecule has 2 unspecified atom stereocenters. The highest BCUT2D eigenvalue weighted by atomic mass is 35.5. The van der Waals surface area contributed by atoms with Crippen molar-refractivity contribution < 1.29 is 9.18 Å². The van der Waals surface area contributed by atoms with Crippen LogP contribution < -0.4 is 5.32 Å². The van der Waals surface area contributed by atoms with Gasteiger partial charge in [0, 0.05) is 19.1 Å². The van der Waals surface area contributed by atoms with Crippen LogP contribution in [0.2, 0.25) is 5.02 Å². The maximum atomic E-state index is 13.4. The highest BCUT2D eigenvalue weighted by Crippen LogP contribution is 2.28. The number of amides is 1. The number of nitrogens with one attached hydrogen (secondary N) is 1. The van der Waals surface area contributed by atoms with E-state index in [2.05, 4.69) is 5.32 Å². The van der Waals surface area contributed by atoms with Gasteiger partial charge in [0.05, 0.1) is 10.6 Å². The van der Waals surface area contributed by atoms with Crippen LogP contribution in [0, 0.1) is 11.7 Å². The molecule has 2 aliphatic heterocycles. The summed E-state index contributed by atoms with van der Waals surface area (Å²) in [4.78, 5) is 14.2. The zero-order valence-corrected chi connectivity index (χ0v) is 11.3. The number of piperidine rings is 1. The Morgan fingerprint density at radius 2 is 2.26 bits per heavy atom. The third-order valence-corrected chi connectivity index (χ3v) is 4.45. The minimum atomic E-state index is -0.540. The van der Waals surface area contributed by atoms with Crippen molar-refractivity contribution in [2.45, 2.75) is 18.9 Å².